The third kappa shape index (κ3) is 2.96. The molecule has 0 fully saturated rings. The van der Waals surface area contributed by atoms with E-state index in [0.717, 1.165) is 17.7 Å². The number of aromatic nitrogens is 1. The van der Waals surface area contributed by atoms with Gasteiger partial charge in [-0.3, -0.25) is 5.32 Å². The Morgan fingerprint density at radius 1 is 1.60 bits per heavy atom. The molecule has 2 N–H and O–H groups in total. The van der Waals surface area contributed by atoms with Crippen LogP contribution >= 0.6 is 11.3 Å². The van der Waals surface area contributed by atoms with Gasteiger partial charge in [0.15, 0.2) is 5.13 Å². The van der Waals surface area contributed by atoms with Gasteiger partial charge in [-0.05, 0) is 18.8 Å². The summed E-state index contributed by atoms with van der Waals surface area (Å²) in [5.74, 6) is 0.367. The molecule has 15 heavy (non-hydrogen) atoms. The van der Waals surface area contributed by atoms with Gasteiger partial charge in [0.1, 0.15) is 7.85 Å². The Morgan fingerprint density at radius 2 is 2.20 bits per heavy atom. The van der Waals surface area contributed by atoms with Crippen molar-refractivity contribution in [1.29, 1.82) is 0 Å². The van der Waals surface area contributed by atoms with E-state index in [0.29, 0.717) is 16.6 Å². The van der Waals surface area contributed by atoms with E-state index in [4.69, 9.17) is 13.0 Å². The summed E-state index contributed by atoms with van der Waals surface area (Å²) in [6, 6.07) is 0. The number of carbonyl (C=O) groups is 1. The fourth-order valence-corrected chi connectivity index (χ4v) is 2.58. The number of nitrogens with one attached hydrogen (secondary N) is 1. The predicted octanol–water partition coefficient (Wildman–Crippen LogP) is 1.93. The number of hydrogen-bond acceptors (Lipinski definition) is 3. The number of amides is 1. The van der Waals surface area contributed by atoms with Crippen molar-refractivity contribution in [2.24, 2.45) is 0 Å². The summed E-state index contributed by atoms with van der Waals surface area (Å²) in [5, 5.41) is 11.1. The molecule has 0 aliphatic rings. The van der Waals surface area contributed by atoms with E-state index in [1.165, 1.54) is 11.3 Å². The lowest BCUT2D eigenvalue weighted by Crippen LogP contribution is -2.13. The van der Waals surface area contributed by atoms with Crippen molar-refractivity contribution in [2.45, 2.75) is 32.6 Å². The third-order valence-corrected chi connectivity index (χ3v) is 3.40. The maximum absolute atomic E-state index is 10.4. The monoisotopic (exact) mass is 224 g/mol. The van der Waals surface area contributed by atoms with Crippen molar-refractivity contribution >= 4 is 36.0 Å². The van der Waals surface area contributed by atoms with Crippen LogP contribution in [0.2, 0.25) is 0 Å². The Bertz CT molecular complexity index is 350. The lowest BCUT2D eigenvalue weighted by molar-refractivity contribution is 0.210. The zero-order valence-electron chi connectivity index (χ0n) is 8.78. The summed E-state index contributed by atoms with van der Waals surface area (Å²) in [5.41, 5.74) is 0.442. The molecule has 0 atom stereocenters. The van der Waals surface area contributed by atoms with Crippen LogP contribution in [0.25, 0.3) is 0 Å². The first-order valence-electron chi connectivity index (χ1n) is 4.84. The highest BCUT2D eigenvalue weighted by molar-refractivity contribution is 7.16. The Labute approximate surface area is 94.1 Å². The van der Waals surface area contributed by atoms with Crippen molar-refractivity contribution in [3.63, 3.8) is 0 Å². The first-order valence-corrected chi connectivity index (χ1v) is 5.66. The molecule has 2 radical (unpaired) electrons. The van der Waals surface area contributed by atoms with Gasteiger partial charge >= 0.3 is 6.09 Å². The summed E-state index contributed by atoms with van der Waals surface area (Å²) in [6.45, 7) is 4.16. The van der Waals surface area contributed by atoms with E-state index in [1.807, 2.05) is 0 Å². The molecular formula is C9H13BN2O2S. The predicted molar refractivity (Wildman–Crippen MR) is 62.5 cm³/mol. The average molecular weight is 224 g/mol. The molecule has 6 heteroatoms. The van der Waals surface area contributed by atoms with Crippen LogP contribution in [0.15, 0.2) is 0 Å². The fourth-order valence-electron chi connectivity index (χ4n) is 1.44. The van der Waals surface area contributed by atoms with Gasteiger partial charge in [-0.25, -0.2) is 9.78 Å². The number of carboxylic acid groups (broad SMARTS) is 1. The molecule has 0 unspecified atom stereocenters. The highest BCUT2D eigenvalue weighted by atomic mass is 32.1. The average Bonchev–Trinajstić information content (AvgIpc) is 2.48. The van der Waals surface area contributed by atoms with Gasteiger partial charge in [0.05, 0.1) is 0 Å². The molecule has 80 valence electrons. The molecule has 0 aliphatic heterocycles. The molecule has 1 amide bonds. The van der Waals surface area contributed by atoms with Gasteiger partial charge < -0.3 is 5.11 Å². The normalized spacial score (nSPS) is 10.6. The molecule has 0 spiro atoms. The van der Waals surface area contributed by atoms with E-state index in [-0.39, 0.29) is 0 Å². The number of nitrogens with zero attached hydrogens (tertiary/aromatic N) is 1. The van der Waals surface area contributed by atoms with Crippen molar-refractivity contribution < 1.29 is 9.90 Å². The zero-order valence-corrected chi connectivity index (χ0v) is 9.60. The molecule has 0 saturated carbocycles. The molecule has 0 aromatic carbocycles. The van der Waals surface area contributed by atoms with Crippen LogP contribution in [0.1, 0.15) is 37.5 Å². The summed E-state index contributed by atoms with van der Waals surface area (Å²) >= 11 is 1.32. The minimum Gasteiger partial charge on any atom is -0.465 e. The number of anilines is 1. The third-order valence-electron chi connectivity index (χ3n) is 2.25. The first kappa shape index (κ1) is 12.0. The van der Waals surface area contributed by atoms with Crippen molar-refractivity contribution in [1.82, 2.24) is 4.98 Å². The van der Waals surface area contributed by atoms with Crippen LogP contribution in [0.3, 0.4) is 0 Å². The number of hydrogen-bond donors (Lipinski definition) is 2. The second kappa shape index (κ2) is 5.16. The smallest absolute Gasteiger partial charge is 0.410 e. The fraction of sp³-hybridized carbons (Fsp3) is 0.556. The SMILES string of the molecule is [B]c1nc(NC(=O)O)sc1C(CC)CC. The van der Waals surface area contributed by atoms with Gasteiger partial charge in [-0.2, -0.15) is 0 Å². The van der Waals surface area contributed by atoms with Crippen LogP contribution in [-0.2, 0) is 0 Å². The van der Waals surface area contributed by atoms with Gasteiger partial charge in [0.2, 0.25) is 0 Å². The van der Waals surface area contributed by atoms with E-state index >= 15 is 0 Å². The van der Waals surface area contributed by atoms with E-state index in [1.54, 1.807) is 0 Å². The van der Waals surface area contributed by atoms with E-state index < -0.39 is 6.09 Å². The molecule has 1 aromatic heterocycles. The molecule has 0 aliphatic carbocycles. The van der Waals surface area contributed by atoms with E-state index in [9.17, 15) is 4.79 Å². The Morgan fingerprint density at radius 3 is 2.67 bits per heavy atom. The lowest BCUT2D eigenvalue weighted by atomic mass is 9.93. The maximum Gasteiger partial charge on any atom is 0.410 e. The van der Waals surface area contributed by atoms with Gasteiger partial charge in [-0.15, -0.1) is 11.3 Å². The summed E-state index contributed by atoms with van der Waals surface area (Å²) < 4.78 is 0. The van der Waals surface area contributed by atoms with Gasteiger partial charge in [0, 0.05) is 10.5 Å². The molecular weight excluding hydrogens is 211 g/mol. The summed E-state index contributed by atoms with van der Waals surface area (Å²) in [4.78, 5) is 15.4. The van der Waals surface area contributed by atoms with Crippen molar-refractivity contribution in [3.8, 4) is 0 Å². The van der Waals surface area contributed by atoms with Crippen LogP contribution in [0.4, 0.5) is 9.93 Å². The number of rotatable bonds is 4. The Hall–Kier alpha value is -1.04. The zero-order chi connectivity index (χ0) is 11.4. The first-order chi connectivity index (χ1) is 7.08. The van der Waals surface area contributed by atoms with E-state index in [2.05, 4.69) is 24.1 Å². The Kier molecular flexibility index (Phi) is 4.14. The summed E-state index contributed by atoms with van der Waals surface area (Å²) in [6.07, 6.45) is 0.852. The highest BCUT2D eigenvalue weighted by Crippen LogP contribution is 2.28. The summed E-state index contributed by atoms with van der Waals surface area (Å²) in [7, 11) is 5.74. The molecule has 1 aromatic rings. The second-order valence-electron chi connectivity index (χ2n) is 3.21. The largest absolute Gasteiger partial charge is 0.465 e. The number of thiazole rings is 1. The van der Waals surface area contributed by atoms with Crippen LogP contribution in [0.5, 0.6) is 0 Å². The molecule has 1 rings (SSSR count). The minimum atomic E-state index is -1.11. The molecule has 1 heterocycles. The van der Waals surface area contributed by atoms with Crippen molar-refractivity contribution in [2.75, 3.05) is 5.32 Å². The minimum absolute atomic E-state index is 0.349. The van der Waals surface area contributed by atoms with Crippen molar-refractivity contribution in [3.05, 3.63) is 4.88 Å². The Balaban J connectivity index is 2.89. The maximum atomic E-state index is 10.4. The molecule has 0 saturated heterocycles. The van der Waals surface area contributed by atoms with Crippen LogP contribution in [-0.4, -0.2) is 24.0 Å². The van der Waals surface area contributed by atoms with Crippen LogP contribution < -0.4 is 10.9 Å². The van der Waals surface area contributed by atoms with Gasteiger partial charge in [0.25, 0.3) is 0 Å². The van der Waals surface area contributed by atoms with Gasteiger partial charge in [-0.1, -0.05) is 13.8 Å². The molecule has 0 bridgehead atoms. The highest BCUT2D eigenvalue weighted by Gasteiger charge is 2.15. The topological polar surface area (TPSA) is 62.2 Å². The lowest BCUT2D eigenvalue weighted by Gasteiger charge is -2.09. The quantitative estimate of drug-likeness (QED) is 0.768. The standard InChI is InChI=1S/C9H13BN2O2S/c1-3-5(4-2)6-7(10)11-8(15-6)12-9(13)14/h5H,3-4H2,1-2H3,(H,11,12)(H,13,14). The second-order valence-corrected chi connectivity index (χ2v) is 4.24. The van der Waals surface area contributed by atoms with Crippen LogP contribution in [0, 0.1) is 0 Å². The molecule has 4 nitrogen and oxygen atoms in total.